The number of rotatable bonds is 6. The molecule has 0 spiro atoms. The second kappa shape index (κ2) is 6.93. The van der Waals surface area contributed by atoms with Gasteiger partial charge in [-0.3, -0.25) is 4.79 Å². The van der Waals surface area contributed by atoms with Crippen LogP contribution in [-0.4, -0.2) is 29.7 Å². The number of aliphatic carboxylic acids is 1. The zero-order chi connectivity index (χ0) is 12.7. The van der Waals surface area contributed by atoms with Crippen LogP contribution in [0.5, 0.6) is 0 Å². The normalized spacial score (nSPS) is 16.8. The molecule has 1 unspecified atom stereocenters. The van der Waals surface area contributed by atoms with E-state index in [-0.39, 0.29) is 24.4 Å². The van der Waals surface area contributed by atoms with E-state index in [1.165, 1.54) is 0 Å². The van der Waals surface area contributed by atoms with Gasteiger partial charge in [-0.1, -0.05) is 19.1 Å². The van der Waals surface area contributed by atoms with E-state index in [2.05, 4.69) is 22.8 Å². The molecule has 1 aliphatic rings. The Morgan fingerprint density at radius 3 is 2.65 bits per heavy atom. The predicted octanol–water partition coefficient (Wildman–Crippen LogP) is 1.51. The molecular formula is C12H20N2O3. The highest BCUT2D eigenvalue weighted by molar-refractivity contribution is 5.74. The molecule has 1 aliphatic carbocycles. The van der Waals surface area contributed by atoms with Crippen LogP contribution < -0.4 is 10.6 Å². The molecule has 0 saturated carbocycles. The van der Waals surface area contributed by atoms with Gasteiger partial charge in [-0.25, -0.2) is 4.79 Å². The number of carbonyl (C=O) groups is 2. The van der Waals surface area contributed by atoms with E-state index in [9.17, 15) is 9.59 Å². The summed E-state index contributed by atoms with van der Waals surface area (Å²) in [6.45, 7) is 2.44. The van der Waals surface area contributed by atoms with E-state index in [1.807, 2.05) is 6.92 Å². The van der Waals surface area contributed by atoms with Gasteiger partial charge in [0.15, 0.2) is 0 Å². The van der Waals surface area contributed by atoms with E-state index in [0.29, 0.717) is 13.0 Å². The monoisotopic (exact) mass is 240 g/mol. The van der Waals surface area contributed by atoms with Crippen LogP contribution in [-0.2, 0) is 4.79 Å². The van der Waals surface area contributed by atoms with Crippen LogP contribution >= 0.6 is 0 Å². The first kappa shape index (κ1) is 13.5. The molecule has 0 saturated heterocycles. The molecule has 17 heavy (non-hydrogen) atoms. The molecule has 0 bridgehead atoms. The lowest BCUT2D eigenvalue weighted by Crippen LogP contribution is -2.42. The zero-order valence-corrected chi connectivity index (χ0v) is 10.1. The van der Waals surface area contributed by atoms with Crippen LogP contribution in [0.15, 0.2) is 12.2 Å². The van der Waals surface area contributed by atoms with Crippen molar-refractivity contribution in [3.63, 3.8) is 0 Å². The Hall–Kier alpha value is -1.52. The van der Waals surface area contributed by atoms with Gasteiger partial charge in [-0.2, -0.15) is 0 Å². The molecule has 2 amide bonds. The molecule has 0 aromatic heterocycles. The third-order valence-electron chi connectivity index (χ3n) is 2.81. The topological polar surface area (TPSA) is 78.4 Å². The van der Waals surface area contributed by atoms with Gasteiger partial charge in [-0.15, -0.1) is 0 Å². The van der Waals surface area contributed by atoms with Crippen LogP contribution in [0.4, 0.5) is 4.79 Å². The van der Waals surface area contributed by atoms with Gasteiger partial charge in [0, 0.05) is 19.0 Å². The molecule has 96 valence electrons. The first-order valence-electron chi connectivity index (χ1n) is 5.99. The molecule has 0 radical (unpaired) electrons. The fraction of sp³-hybridized carbons (Fsp3) is 0.667. The summed E-state index contributed by atoms with van der Waals surface area (Å²) in [6, 6.07) is 0.0465. The van der Waals surface area contributed by atoms with E-state index in [4.69, 9.17) is 5.11 Å². The Morgan fingerprint density at radius 1 is 1.41 bits per heavy atom. The Morgan fingerprint density at radius 2 is 2.06 bits per heavy atom. The fourth-order valence-corrected chi connectivity index (χ4v) is 1.71. The molecule has 3 N–H and O–H groups in total. The summed E-state index contributed by atoms with van der Waals surface area (Å²) in [7, 11) is 0. The maximum absolute atomic E-state index is 11.5. The maximum Gasteiger partial charge on any atom is 0.315 e. The molecule has 1 rings (SSSR count). The third kappa shape index (κ3) is 5.94. The number of carboxylic acid groups (broad SMARTS) is 1. The van der Waals surface area contributed by atoms with Crippen LogP contribution in [0.1, 0.15) is 32.6 Å². The van der Waals surface area contributed by atoms with Gasteiger partial charge >= 0.3 is 12.0 Å². The highest BCUT2D eigenvalue weighted by Crippen LogP contribution is 2.08. The average Bonchev–Trinajstić information content (AvgIpc) is 2.76. The minimum atomic E-state index is -0.793. The summed E-state index contributed by atoms with van der Waals surface area (Å²) < 4.78 is 0. The number of carboxylic acids is 1. The van der Waals surface area contributed by atoms with Crippen LogP contribution in [0.2, 0.25) is 0 Å². The Kier molecular flexibility index (Phi) is 5.52. The third-order valence-corrected chi connectivity index (χ3v) is 2.81. The van der Waals surface area contributed by atoms with Crippen molar-refractivity contribution in [3.05, 3.63) is 12.2 Å². The largest absolute Gasteiger partial charge is 0.481 e. The standard InChI is InChI=1S/C12H20N2O3/c1-9(6-7-11(15)16)8-13-12(17)14-10-4-2-3-5-10/h2-3,9-10H,4-8H2,1H3,(H,15,16)(H2,13,14,17). The van der Waals surface area contributed by atoms with Crippen LogP contribution in [0, 0.1) is 5.92 Å². The van der Waals surface area contributed by atoms with Gasteiger partial charge in [-0.05, 0) is 25.2 Å². The number of hydrogen-bond donors (Lipinski definition) is 3. The number of urea groups is 1. The second-order valence-electron chi connectivity index (χ2n) is 4.53. The SMILES string of the molecule is CC(CCC(=O)O)CNC(=O)NC1CC=CC1. The van der Waals surface area contributed by atoms with Crippen molar-refractivity contribution in [1.29, 1.82) is 0 Å². The van der Waals surface area contributed by atoms with Crippen molar-refractivity contribution in [1.82, 2.24) is 10.6 Å². The smallest absolute Gasteiger partial charge is 0.315 e. The highest BCUT2D eigenvalue weighted by atomic mass is 16.4. The number of hydrogen-bond acceptors (Lipinski definition) is 2. The minimum Gasteiger partial charge on any atom is -0.481 e. The van der Waals surface area contributed by atoms with Crippen LogP contribution in [0.3, 0.4) is 0 Å². The number of amides is 2. The van der Waals surface area contributed by atoms with Gasteiger partial charge in [0.25, 0.3) is 0 Å². The quantitative estimate of drug-likeness (QED) is 0.616. The molecule has 0 aliphatic heterocycles. The molecule has 0 fully saturated rings. The maximum atomic E-state index is 11.5. The number of carbonyl (C=O) groups excluding carboxylic acids is 1. The van der Waals surface area contributed by atoms with E-state index in [0.717, 1.165) is 12.8 Å². The Bertz CT molecular complexity index is 294. The van der Waals surface area contributed by atoms with E-state index >= 15 is 0 Å². The van der Waals surface area contributed by atoms with Crippen molar-refractivity contribution in [2.45, 2.75) is 38.6 Å². The Labute approximate surface area is 101 Å². The molecule has 0 aromatic carbocycles. The zero-order valence-electron chi connectivity index (χ0n) is 10.1. The lowest BCUT2D eigenvalue weighted by atomic mass is 10.1. The molecule has 5 nitrogen and oxygen atoms in total. The lowest BCUT2D eigenvalue weighted by molar-refractivity contribution is -0.137. The summed E-state index contributed by atoms with van der Waals surface area (Å²) in [5.41, 5.74) is 0. The van der Waals surface area contributed by atoms with Crippen molar-refractivity contribution in [2.24, 2.45) is 5.92 Å². The molecular weight excluding hydrogens is 220 g/mol. The molecule has 0 heterocycles. The lowest BCUT2D eigenvalue weighted by Gasteiger charge is -2.15. The molecule has 0 aromatic rings. The summed E-state index contributed by atoms with van der Waals surface area (Å²) >= 11 is 0. The fourth-order valence-electron chi connectivity index (χ4n) is 1.71. The molecule has 5 heteroatoms. The average molecular weight is 240 g/mol. The van der Waals surface area contributed by atoms with Crippen molar-refractivity contribution in [3.8, 4) is 0 Å². The Balaban J connectivity index is 2.08. The van der Waals surface area contributed by atoms with E-state index < -0.39 is 5.97 Å². The number of nitrogens with one attached hydrogen (secondary N) is 2. The van der Waals surface area contributed by atoms with Gasteiger partial charge in [0.1, 0.15) is 0 Å². The summed E-state index contributed by atoms with van der Waals surface area (Å²) in [6.07, 6.45) is 6.63. The van der Waals surface area contributed by atoms with Gasteiger partial charge in [0.2, 0.25) is 0 Å². The van der Waals surface area contributed by atoms with E-state index in [1.54, 1.807) is 0 Å². The molecule has 1 atom stereocenters. The predicted molar refractivity (Wildman–Crippen MR) is 64.7 cm³/mol. The minimum absolute atomic E-state index is 0.150. The van der Waals surface area contributed by atoms with Crippen molar-refractivity contribution < 1.29 is 14.7 Å². The summed E-state index contributed by atoms with van der Waals surface area (Å²) in [4.78, 5) is 21.8. The van der Waals surface area contributed by atoms with Gasteiger partial charge in [0.05, 0.1) is 0 Å². The van der Waals surface area contributed by atoms with Crippen molar-refractivity contribution >= 4 is 12.0 Å². The van der Waals surface area contributed by atoms with Gasteiger partial charge < -0.3 is 15.7 Å². The van der Waals surface area contributed by atoms with Crippen LogP contribution in [0.25, 0.3) is 0 Å². The first-order valence-corrected chi connectivity index (χ1v) is 5.99. The summed E-state index contributed by atoms with van der Waals surface area (Å²) in [5.74, 6) is -0.614. The summed E-state index contributed by atoms with van der Waals surface area (Å²) in [5, 5.41) is 14.2. The first-order chi connectivity index (χ1) is 8.08. The van der Waals surface area contributed by atoms with Crippen molar-refractivity contribution in [2.75, 3.05) is 6.54 Å². The second-order valence-corrected chi connectivity index (χ2v) is 4.53. The highest BCUT2D eigenvalue weighted by Gasteiger charge is 2.13.